The summed E-state index contributed by atoms with van der Waals surface area (Å²) < 4.78 is 0. The van der Waals surface area contributed by atoms with Crippen molar-refractivity contribution in [3.8, 4) is 0 Å². The van der Waals surface area contributed by atoms with Crippen LogP contribution in [0.25, 0.3) is 0 Å². The van der Waals surface area contributed by atoms with E-state index in [1.165, 1.54) is 12.3 Å². The van der Waals surface area contributed by atoms with Crippen LogP contribution in [-0.2, 0) is 0 Å². The van der Waals surface area contributed by atoms with E-state index in [0.717, 1.165) is 11.3 Å². The fraction of sp³-hybridized carbons (Fsp3) is 0.0769. The van der Waals surface area contributed by atoms with Crippen molar-refractivity contribution in [2.75, 3.05) is 10.7 Å². The molecule has 2 aromatic rings. The smallest absolute Gasteiger partial charge is 0.257 e. The molecule has 0 bridgehead atoms. The molecule has 1 aromatic carbocycles. The highest BCUT2D eigenvalue weighted by molar-refractivity contribution is 6.33. The van der Waals surface area contributed by atoms with Crippen LogP contribution in [0.15, 0.2) is 36.5 Å². The van der Waals surface area contributed by atoms with Crippen LogP contribution < -0.4 is 16.6 Å². The molecular weight excluding hydrogens is 264 g/mol. The lowest BCUT2D eigenvalue weighted by Crippen LogP contribution is -2.14. The molecule has 0 atom stereocenters. The van der Waals surface area contributed by atoms with Gasteiger partial charge in [0.05, 0.1) is 10.6 Å². The number of aryl methyl sites for hydroxylation is 1. The molecular formula is C13H13ClN4O. The Morgan fingerprint density at radius 1 is 1.37 bits per heavy atom. The third-order valence-corrected chi connectivity index (χ3v) is 2.92. The highest BCUT2D eigenvalue weighted by Crippen LogP contribution is 2.20. The zero-order valence-electron chi connectivity index (χ0n) is 10.3. The van der Waals surface area contributed by atoms with Crippen LogP contribution in [0, 0.1) is 6.92 Å². The monoisotopic (exact) mass is 276 g/mol. The Balaban J connectivity index is 2.21. The molecule has 1 amide bonds. The normalized spacial score (nSPS) is 10.1. The lowest BCUT2D eigenvalue weighted by Gasteiger charge is -2.09. The minimum Gasteiger partial charge on any atom is -0.322 e. The number of halogens is 1. The van der Waals surface area contributed by atoms with Crippen molar-refractivity contribution in [3.63, 3.8) is 0 Å². The third-order valence-electron chi connectivity index (χ3n) is 2.63. The number of nitrogens with zero attached hydrogens (tertiary/aromatic N) is 1. The molecule has 2 rings (SSSR count). The van der Waals surface area contributed by atoms with E-state index in [1.807, 2.05) is 31.2 Å². The molecule has 0 aliphatic heterocycles. The molecule has 1 aromatic heterocycles. The van der Waals surface area contributed by atoms with Crippen LogP contribution >= 0.6 is 11.6 Å². The topological polar surface area (TPSA) is 80.0 Å². The van der Waals surface area contributed by atoms with Gasteiger partial charge in [-0.25, -0.2) is 10.8 Å². The Morgan fingerprint density at radius 3 is 2.74 bits per heavy atom. The molecule has 0 unspecified atom stereocenters. The van der Waals surface area contributed by atoms with E-state index in [4.69, 9.17) is 17.4 Å². The van der Waals surface area contributed by atoms with Crippen molar-refractivity contribution in [1.29, 1.82) is 0 Å². The molecule has 1 heterocycles. The molecule has 0 fully saturated rings. The van der Waals surface area contributed by atoms with Gasteiger partial charge in [-0.3, -0.25) is 4.79 Å². The fourth-order valence-corrected chi connectivity index (χ4v) is 1.80. The maximum atomic E-state index is 12.1. The molecule has 0 radical (unpaired) electrons. The summed E-state index contributed by atoms with van der Waals surface area (Å²) in [4.78, 5) is 16.0. The number of benzene rings is 1. The number of hydrogen-bond acceptors (Lipinski definition) is 4. The van der Waals surface area contributed by atoms with E-state index in [1.54, 1.807) is 0 Å². The highest BCUT2D eigenvalue weighted by atomic mass is 35.5. The highest BCUT2D eigenvalue weighted by Gasteiger charge is 2.10. The lowest BCUT2D eigenvalue weighted by molar-refractivity contribution is 0.102. The summed E-state index contributed by atoms with van der Waals surface area (Å²) >= 11 is 5.92. The van der Waals surface area contributed by atoms with Gasteiger partial charge < -0.3 is 10.7 Å². The Kier molecular flexibility index (Phi) is 3.99. The van der Waals surface area contributed by atoms with Gasteiger partial charge in [0.25, 0.3) is 5.91 Å². The fourth-order valence-electron chi connectivity index (χ4n) is 1.58. The average Bonchev–Trinajstić information content (AvgIpc) is 2.41. The zero-order chi connectivity index (χ0) is 13.8. The second kappa shape index (κ2) is 5.69. The number of nitrogens with two attached hydrogens (primary N) is 1. The van der Waals surface area contributed by atoms with Crippen LogP contribution in [0.1, 0.15) is 15.9 Å². The Hall–Kier alpha value is -2.11. The number of para-hydroxylation sites is 1. The van der Waals surface area contributed by atoms with Gasteiger partial charge in [0, 0.05) is 11.9 Å². The third kappa shape index (κ3) is 3.01. The van der Waals surface area contributed by atoms with E-state index >= 15 is 0 Å². The Bertz CT molecular complexity index is 615. The number of amides is 1. The number of hydrazine groups is 1. The standard InChI is InChI=1S/C13H13ClN4O/c1-8-4-2-3-5-11(8)17-13(19)9-6-10(14)12(18-15)16-7-9/h2-7H,15H2,1H3,(H,16,18)(H,17,19). The van der Waals surface area contributed by atoms with Crippen LogP contribution in [0.4, 0.5) is 11.5 Å². The second-order valence-electron chi connectivity index (χ2n) is 3.97. The molecule has 0 saturated heterocycles. The number of nitrogen functional groups attached to an aromatic ring is 1. The first-order valence-electron chi connectivity index (χ1n) is 5.61. The summed E-state index contributed by atoms with van der Waals surface area (Å²) in [5.74, 6) is 5.28. The molecule has 0 saturated carbocycles. The number of carbonyl (C=O) groups excluding carboxylic acids is 1. The van der Waals surface area contributed by atoms with Gasteiger partial charge in [0.2, 0.25) is 0 Å². The second-order valence-corrected chi connectivity index (χ2v) is 4.38. The van der Waals surface area contributed by atoms with Crippen LogP contribution in [0.5, 0.6) is 0 Å². The summed E-state index contributed by atoms with van der Waals surface area (Å²) in [5, 5.41) is 3.09. The number of nitrogens with one attached hydrogen (secondary N) is 2. The summed E-state index contributed by atoms with van der Waals surface area (Å²) in [7, 11) is 0. The van der Waals surface area contributed by atoms with Crippen molar-refractivity contribution in [3.05, 3.63) is 52.7 Å². The summed E-state index contributed by atoms with van der Waals surface area (Å²) in [5.41, 5.74) is 4.45. The van der Waals surface area contributed by atoms with Gasteiger partial charge in [0.15, 0.2) is 5.82 Å². The summed E-state index contributed by atoms with van der Waals surface area (Å²) in [6, 6.07) is 9.03. The lowest BCUT2D eigenvalue weighted by atomic mass is 10.2. The van der Waals surface area contributed by atoms with E-state index in [2.05, 4.69) is 15.7 Å². The number of anilines is 2. The van der Waals surface area contributed by atoms with Crippen LogP contribution in [0.3, 0.4) is 0 Å². The van der Waals surface area contributed by atoms with Gasteiger partial charge >= 0.3 is 0 Å². The maximum absolute atomic E-state index is 12.1. The van der Waals surface area contributed by atoms with Crippen molar-refractivity contribution < 1.29 is 4.79 Å². The first-order chi connectivity index (χ1) is 9.11. The van der Waals surface area contributed by atoms with Crippen molar-refractivity contribution in [2.45, 2.75) is 6.92 Å². The minimum absolute atomic E-state index is 0.271. The largest absolute Gasteiger partial charge is 0.322 e. The van der Waals surface area contributed by atoms with E-state index in [0.29, 0.717) is 16.4 Å². The quantitative estimate of drug-likeness (QED) is 0.595. The van der Waals surface area contributed by atoms with Crippen molar-refractivity contribution in [1.82, 2.24) is 4.98 Å². The molecule has 0 spiro atoms. The van der Waals surface area contributed by atoms with Gasteiger partial charge in [-0.1, -0.05) is 29.8 Å². The molecule has 5 nitrogen and oxygen atoms in total. The van der Waals surface area contributed by atoms with Gasteiger partial charge in [0.1, 0.15) is 0 Å². The number of hydrogen-bond donors (Lipinski definition) is 3. The van der Waals surface area contributed by atoms with Crippen LogP contribution in [-0.4, -0.2) is 10.9 Å². The molecule has 0 aliphatic rings. The minimum atomic E-state index is -0.271. The first-order valence-corrected chi connectivity index (χ1v) is 5.98. The predicted octanol–water partition coefficient (Wildman–Crippen LogP) is 2.58. The maximum Gasteiger partial charge on any atom is 0.257 e. The van der Waals surface area contributed by atoms with E-state index in [-0.39, 0.29) is 5.91 Å². The van der Waals surface area contributed by atoms with E-state index in [9.17, 15) is 4.79 Å². The van der Waals surface area contributed by atoms with Gasteiger partial charge in [-0.05, 0) is 24.6 Å². The van der Waals surface area contributed by atoms with Crippen molar-refractivity contribution in [2.24, 2.45) is 5.84 Å². The van der Waals surface area contributed by atoms with Gasteiger partial charge in [-0.2, -0.15) is 0 Å². The van der Waals surface area contributed by atoms with Crippen molar-refractivity contribution >= 4 is 29.0 Å². The number of aromatic nitrogens is 1. The molecule has 98 valence electrons. The number of rotatable bonds is 3. The van der Waals surface area contributed by atoms with E-state index < -0.39 is 0 Å². The predicted molar refractivity (Wildman–Crippen MR) is 76.2 cm³/mol. The summed E-state index contributed by atoms with van der Waals surface area (Å²) in [6.07, 6.45) is 1.41. The Morgan fingerprint density at radius 2 is 2.11 bits per heavy atom. The molecule has 6 heteroatoms. The Labute approximate surface area is 115 Å². The summed E-state index contributed by atoms with van der Waals surface area (Å²) in [6.45, 7) is 1.92. The molecule has 19 heavy (non-hydrogen) atoms. The molecule has 0 aliphatic carbocycles. The number of pyridine rings is 1. The number of carbonyl (C=O) groups is 1. The SMILES string of the molecule is Cc1ccccc1NC(=O)c1cnc(NN)c(Cl)c1. The average molecular weight is 277 g/mol. The van der Waals surface area contributed by atoms with Gasteiger partial charge in [-0.15, -0.1) is 0 Å². The van der Waals surface area contributed by atoms with Crippen LogP contribution in [0.2, 0.25) is 5.02 Å². The zero-order valence-corrected chi connectivity index (χ0v) is 11.0. The molecule has 4 N–H and O–H groups in total. The first kappa shape index (κ1) is 13.3.